The maximum absolute atomic E-state index is 11.5. The maximum Gasteiger partial charge on any atom is 0.359 e. The lowest BCUT2D eigenvalue weighted by atomic mass is 10.3. The Hall–Kier alpha value is -1.70. The Morgan fingerprint density at radius 3 is 2.72 bits per heavy atom. The minimum absolute atomic E-state index is 0.0824. The second kappa shape index (κ2) is 5.76. The van der Waals surface area contributed by atoms with Gasteiger partial charge in [-0.25, -0.2) is 13.2 Å². The van der Waals surface area contributed by atoms with Crippen LogP contribution in [0.25, 0.3) is 0 Å². The Balaban J connectivity index is 2.90. The van der Waals surface area contributed by atoms with Crippen molar-refractivity contribution in [2.24, 2.45) is 0 Å². The van der Waals surface area contributed by atoms with Crippen molar-refractivity contribution in [3.05, 3.63) is 17.5 Å². The Bertz CT molecular complexity index is 547. The Morgan fingerprint density at radius 1 is 1.56 bits per heavy atom. The number of sulfone groups is 1. The average Bonchev–Trinajstić information content (AvgIpc) is 2.69. The van der Waals surface area contributed by atoms with Gasteiger partial charge in [0.25, 0.3) is 0 Å². The quantitative estimate of drug-likeness (QED) is 0.531. The van der Waals surface area contributed by atoms with E-state index >= 15 is 0 Å². The first-order valence-electron chi connectivity index (χ1n) is 5.25. The summed E-state index contributed by atoms with van der Waals surface area (Å²) in [6.07, 6.45) is 2.91. The largest absolute Gasteiger partial charge is 0.461 e. The van der Waals surface area contributed by atoms with Crippen molar-refractivity contribution in [2.75, 3.05) is 18.6 Å². The van der Waals surface area contributed by atoms with Crippen molar-refractivity contribution >= 4 is 22.1 Å². The molecule has 0 radical (unpaired) electrons. The van der Waals surface area contributed by atoms with Crippen LogP contribution >= 0.6 is 0 Å². The van der Waals surface area contributed by atoms with Gasteiger partial charge in [-0.2, -0.15) is 5.10 Å². The predicted molar refractivity (Wildman–Crippen MR) is 63.3 cm³/mol. The number of ether oxygens (including phenoxy) is 1. The SMILES string of the molecule is CCOC(=O)c1nn(CCS(C)(=O)=O)cc1C=O. The van der Waals surface area contributed by atoms with Crippen molar-refractivity contribution in [1.82, 2.24) is 9.78 Å². The van der Waals surface area contributed by atoms with Gasteiger partial charge in [0.15, 0.2) is 12.0 Å². The normalized spacial score (nSPS) is 11.2. The molecular formula is C10H14N2O5S. The summed E-state index contributed by atoms with van der Waals surface area (Å²) >= 11 is 0. The first-order valence-corrected chi connectivity index (χ1v) is 7.31. The van der Waals surface area contributed by atoms with Gasteiger partial charge in [-0.1, -0.05) is 0 Å². The number of aromatic nitrogens is 2. The molecule has 0 unspecified atom stereocenters. The van der Waals surface area contributed by atoms with Crippen molar-refractivity contribution in [2.45, 2.75) is 13.5 Å². The molecule has 18 heavy (non-hydrogen) atoms. The van der Waals surface area contributed by atoms with Crippen LogP contribution in [0.5, 0.6) is 0 Å². The van der Waals surface area contributed by atoms with E-state index in [4.69, 9.17) is 4.74 Å². The third-order valence-corrected chi connectivity index (χ3v) is 3.00. The van der Waals surface area contributed by atoms with Crippen LogP contribution in [0.1, 0.15) is 27.8 Å². The van der Waals surface area contributed by atoms with Gasteiger partial charge >= 0.3 is 5.97 Å². The second-order valence-corrected chi connectivity index (χ2v) is 5.92. The molecule has 0 aliphatic rings. The van der Waals surface area contributed by atoms with E-state index in [9.17, 15) is 18.0 Å². The highest BCUT2D eigenvalue weighted by Crippen LogP contribution is 2.06. The molecular weight excluding hydrogens is 260 g/mol. The zero-order valence-electron chi connectivity index (χ0n) is 10.1. The first kappa shape index (κ1) is 14.4. The number of aldehydes is 1. The van der Waals surface area contributed by atoms with Gasteiger partial charge in [-0.15, -0.1) is 0 Å². The fourth-order valence-electron chi connectivity index (χ4n) is 1.26. The number of carbonyl (C=O) groups is 2. The van der Waals surface area contributed by atoms with E-state index in [1.54, 1.807) is 6.92 Å². The summed E-state index contributed by atoms with van der Waals surface area (Å²) in [7, 11) is -3.13. The van der Waals surface area contributed by atoms with Crippen LogP contribution in [0.4, 0.5) is 0 Å². The summed E-state index contributed by atoms with van der Waals surface area (Å²) in [5.74, 6) is -0.812. The summed E-state index contributed by atoms with van der Waals surface area (Å²) in [6.45, 7) is 1.89. The molecule has 0 saturated carbocycles. The van der Waals surface area contributed by atoms with Crippen LogP contribution in [0.3, 0.4) is 0 Å². The van der Waals surface area contributed by atoms with Gasteiger partial charge in [-0.05, 0) is 6.92 Å². The highest BCUT2D eigenvalue weighted by molar-refractivity contribution is 7.90. The smallest absolute Gasteiger partial charge is 0.359 e. The van der Waals surface area contributed by atoms with Gasteiger partial charge in [0, 0.05) is 12.5 Å². The number of hydrogen-bond acceptors (Lipinski definition) is 6. The molecule has 7 nitrogen and oxygen atoms in total. The highest BCUT2D eigenvalue weighted by Gasteiger charge is 2.17. The highest BCUT2D eigenvalue weighted by atomic mass is 32.2. The third-order valence-electron chi connectivity index (χ3n) is 2.08. The summed E-state index contributed by atoms with van der Waals surface area (Å²) in [5.41, 5.74) is -0.0118. The molecule has 0 N–H and O–H groups in total. The van der Waals surface area contributed by atoms with E-state index in [0.29, 0.717) is 6.29 Å². The summed E-state index contributed by atoms with van der Waals surface area (Å²) in [6, 6.07) is 0. The fourth-order valence-corrected chi connectivity index (χ4v) is 1.77. The van der Waals surface area contributed by atoms with Gasteiger partial charge in [0.1, 0.15) is 9.84 Å². The number of nitrogens with zero attached hydrogens (tertiary/aromatic N) is 2. The number of esters is 1. The molecule has 100 valence electrons. The third kappa shape index (κ3) is 3.95. The van der Waals surface area contributed by atoms with E-state index in [0.717, 1.165) is 6.26 Å². The molecule has 1 rings (SSSR count). The number of rotatable bonds is 6. The van der Waals surface area contributed by atoms with Gasteiger partial charge < -0.3 is 4.74 Å². The predicted octanol–water partition coefficient (Wildman–Crippen LogP) is -0.0831. The summed E-state index contributed by atoms with van der Waals surface area (Å²) < 4.78 is 28.0. The number of carbonyl (C=O) groups excluding carboxylic acids is 2. The Kier molecular flexibility index (Phi) is 4.60. The van der Waals surface area contributed by atoms with E-state index in [1.165, 1.54) is 10.9 Å². The average molecular weight is 274 g/mol. The minimum atomic E-state index is -3.13. The van der Waals surface area contributed by atoms with Crippen LogP contribution < -0.4 is 0 Å². The first-order chi connectivity index (χ1) is 8.37. The lowest BCUT2D eigenvalue weighted by Crippen LogP contribution is -2.13. The minimum Gasteiger partial charge on any atom is -0.461 e. The Labute approximate surface area is 105 Å². The molecule has 0 fully saturated rings. The monoisotopic (exact) mass is 274 g/mol. The van der Waals surface area contributed by atoms with E-state index in [2.05, 4.69) is 5.10 Å². The summed E-state index contributed by atoms with van der Waals surface area (Å²) in [5, 5.41) is 3.85. The molecule has 1 heterocycles. The topological polar surface area (TPSA) is 95.3 Å². The van der Waals surface area contributed by atoms with Crippen molar-refractivity contribution in [3.8, 4) is 0 Å². The zero-order valence-corrected chi connectivity index (χ0v) is 10.9. The van der Waals surface area contributed by atoms with Crippen LogP contribution in [0.15, 0.2) is 6.20 Å². The zero-order chi connectivity index (χ0) is 13.8. The fraction of sp³-hybridized carbons (Fsp3) is 0.500. The van der Waals surface area contributed by atoms with E-state index in [-0.39, 0.29) is 30.2 Å². The Morgan fingerprint density at radius 2 is 2.22 bits per heavy atom. The summed E-state index contributed by atoms with van der Waals surface area (Å²) in [4.78, 5) is 22.2. The number of aryl methyl sites for hydroxylation is 1. The van der Waals surface area contributed by atoms with Crippen molar-refractivity contribution < 1.29 is 22.7 Å². The van der Waals surface area contributed by atoms with E-state index in [1.807, 2.05) is 0 Å². The van der Waals surface area contributed by atoms with Crippen LogP contribution in [-0.2, 0) is 21.1 Å². The van der Waals surface area contributed by atoms with Gasteiger partial charge in [-0.3, -0.25) is 9.48 Å². The molecule has 8 heteroatoms. The molecule has 0 saturated heterocycles. The lowest BCUT2D eigenvalue weighted by Gasteiger charge is -1.99. The molecule has 0 amide bonds. The van der Waals surface area contributed by atoms with Crippen LogP contribution in [0, 0.1) is 0 Å². The molecule has 0 atom stereocenters. The molecule has 0 spiro atoms. The van der Waals surface area contributed by atoms with Crippen molar-refractivity contribution in [3.63, 3.8) is 0 Å². The lowest BCUT2D eigenvalue weighted by molar-refractivity contribution is 0.0516. The molecule has 0 aromatic carbocycles. The van der Waals surface area contributed by atoms with Gasteiger partial charge in [0.2, 0.25) is 0 Å². The van der Waals surface area contributed by atoms with E-state index < -0.39 is 15.8 Å². The number of hydrogen-bond donors (Lipinski definition) is 0. The molecule has 0 aliphatic carbocycles. The maximum atomic E-state index is 11.5. The molecule has 1 aromatic rings. The second-order valence-electron chi connectivity index (χ2n) is 3.66. The standard InChI is InChI=1S/C10H14N2O5S/c1-3-17-10(14)9-8(7-13)6-12(11-9)4-5-18(2,15)16/h6-7H,3-5H2,1-2H3. The van der Waals surface area contributed by atoms with Gasteiger partial charge in [0.05, 0.1) is 24.5 Å². The molecule has 0 bridgehead atoms. The van der Waals surface area contributed by atoms with Crippen LogP contribution in [-0.4, -0.2) is 49.1 Å². The van der Waals surface area contributed by atoms with Crippen molar-refractivity contribution in [1.29, 1.82) is 0 Å². The molecule has 0 aliphatic heterocycles. The molecule has 1 aromatic heterocycles. The van der Waals surface area contributed by atoms with Crippen LogP contribution in [0.2, 0.25) is 0 Å².